The molecule has 1 aliphatic carbocycles. The summed E-state index contributed by atoms with van der Waals surface area (Å²) in [6.45, 7) is 6.31. The Balaban J connectivity index is 1.84. The second kappa shape index (κ2) is 6.74. The molecule has 1 saturated carbocycles. The quantitative estimate of drug-likeness (QED) is 0.865. The van der Waals surface area contributed by atoms with E-state index < -0.39 is 23.2 Å². The lowest BCUT2D eigenvalue weighted by atomic mass is 9.78. The predicted molar refractivity (Wildman–Crippen MR) is 99.2 cm³/mol. The van der Waals surface area contributed by atoms with E-state index >= 15 is 0 Å². The molecule has 0 unspecified atom stereocenters. The fraction of sp³-hybridized carbons (Fsp3) is 0.550. The first-order valence-corrected chi connectivity index (χ1v) is 9.27. The monoisotopic (exact) mass is 358 g/mol. The Morgan fingerprint density at radius 2 is 1.88 bits per heavy atom. The van der Waals surface area contributed by atoms with Crippen molar-refractivity contribution < 1.29 is 19.5 Å². The summed E-state index contributed by atoms with van der Waals surface area (Å²) in [4.78, 5) is 38.5. The number of aliphatic carboxylic acids is 1. The fourth-order valence-corrected chi connectivity index (χ4v) is 4.20. The lowest BCUT2D eigenvalue weighted by Crippen LogP contribution is -2.36. The summed E-state index contributed by atoms with van der Waals surface area (Å²) >= 11 is 0. The first kappa shape index (κ1) is 18.4. The smallest absolute Gasteiger partial charge is 0.307 e. The van der Waals surface area contributed by atoms with Crippen molar-refractivity contribution in [1.82, 2.24) is 0 Å². The average molecular weight is 358 g/mol. The van der Waals surface area contributed by atoms with Crippen molar-refractivity contribution in [2.24, 2.45) is 11.8 Å². The number of fused-ring (bicyclic) bond motifs is 1. The number of anilines is 2. The molecule has 0 bridgehead atoms. The number of amides is 2. The summed E-state index contributed by atoms with van der Waals surface area (Å²) in [5, 5.41) is 12.3. The highest BCUT2D eigenvalue weighted by molar-refractivity contribution is 6.08. The Hall–Kier alpha value is -2.37. The molecule has 0 saturated heterocycles. The van der Waals surface area contributed by atoms with Gasteiger partial charge in [0.1, 0.15) is 0 Å². The number of rotatable bonds is 4. The fourth-order valence-electron chi connectivity index (χ4n) is 4.20. The van der Waals surface area contributed by atoms with Crippen LogP contribution in [-0.4, -0.2) is 29.4 Å². The van der Waals surface area contributed by atoms with Gasteiger partial charge in [-0.15, -0.1) is 0 Å². The molecule has 0 radical (unpaired) electrons. The van der Waals surface area contributed by atoms with Crippen LogP contribution in [0.4, 0.5) is 11.4 Å². The molecule has 1 fully saturated rings. The molecule has 2 amide bonds. The highest BCUT2D eigenvalue weighted by atomic mass is 16.4. The molecule has 2 aliphatic rings. The number of benzene rings is 1. The van der Waals surface area contributed by atoms with Gasteiger partial charge >= 0.3 is 5.97 Å². The number of carbonyl (C=O) groups is 3. The van der Waals surface area contributed by atoms with Crippen LogP contribution < -0.4 is 10.2 Å². The molecule has 140 valence electrons. The number of carboxylic acids is 1. The molecule has 1 aromatic rings. The molecule has 0 aromatic heterocycles. The van der Waals surface area contributed by atoms with Gasteiger partial charge in [-0.3, -0.25) is 14.4 Å². The summed E-state index contributed by atoms with van der Waals surface area (Å²) < 4.78 is 0. The summed E-state index contributed by atoms with van der Waals surface area (Å²) in [5.41, 5.74) is 1.74. The summed E-state index contributed by atoms with van der Waals surface area (Å²) in [5.74, 6) is -2.21. The first-order valence-electron chi connectivity index (χ1n) is 9.27. The number of nitrogens with one attached hydrogen (secondary N) is 1. The van der Waals surface area contributed by atoms with Crippen molar-refractivity contribution in [3.05, 3.63) is 23.8 Å². The summed E-state index contributed by atoms with van der Waals surface area (Å²) in [6.07, 6.45) is 2.87. The van der Waals surface area contributed by atoms with Gasteiger partial charge in [-0.05, 0) is 57.4 Å². The number of nitrogens with zero attached hydrogens (tertiary/aromatic N) is 1. The Morgan fingerprint density at radius 3 is 2.50 bits per heavy atom. The van der Waals surface area contributed by atoms with E-state index in [1.54, 1.807) is 11.0 Å². The topological polar surface area (TPSA) is 86.7 Å². The van der Waals surface area contributed by atoms with E-state index in [9.17, 15) is 19.5 Å². The molecular formula is C20H26N2O4. The maximum Gasteiger partial charge on any atom is 0.307 e. The third-order valence-electron chi connectivity index (χ3n) is 5.74. The van der Waals surface area contributed by atoms with Crippen LogP contribution in [0.2, 0.25) is 0 Å². The summed E-state index contributed by atoms with van der Waals surface area (Å²) in [6, 6.07) is 5.49. The van der Waals surface area contributed by atoms with Gasteiger partial charge in [-0.2, -0.15) is 0 Å². The van der Waals surface area contributed by atoms with Crippen LogP contribution in [0.1, 0.15) is 52.0 Å². The maximum atomic E-state index is 12.7. The summed E-state index contributed by atoms with van der Waals surface area (Å²) in [7, 11) is 0. The number of carbonyl (C=O) groups excluding carboxylic acids is 2. The Morgan fingerprint density at radius 1 is 1.23 bits per heavy atom. The van der Waals surface area contributed by atoms with E-state index in [0.29, 0.717) is 25.1 Å². The lowest BCUT2D eigenvalue weighted by molar-refractivity contribution is -0.147. The molecule has 26 heavy (non-hydrogen) atoms. The van der Waals surface area contributed by atoms with Crippen LogP contribution in [0.25, 0.3) is 0 Å². The van der Waals surface area contributed by atoms with E-state index in [1.165, 1.54) is 0 Å². The second-order valence-corrected chi connectivity index (χ2v) is 7.73. The van der Waals surface area contributed by atoms with Crippen molar-refractivity contribution in [3.8, 4) is 0 Å². The molecule has 2 N–H and O–H groups in total. The SMILES string of the molecule is CCN1C(=O)C(C)(C)c2cc(NC(=O)[C@@H]3CCCC[C@@H]3C(=O)O)ccc21. The molecule has 2 atom stereocenters. The molecule has 1 aliphatic heterocycles. The molecule has 6 heteroatoms. The average Bonchev–Trinajstić information content (AvgIpc) is 2.81. The molecular weight excluding hydrogens is 332 g/mol. The minimum absolute atomic E-state index is 0.0525. The van der Waals surface area contributed by atoms with Crippen LogP contribution in [0, 0.1) is 11.8 Å². The molecule has 0 spiro atoms. The van der Waals surface area contributed by atoms with E-state index in [4.69, 9.17) is 0 Å². The van der Waals surface area contributed by atoms with Crippen molar-refractivity contribution >= 4 is 29.2 Å². The van der Waals surface area contributed by atoms with Crippen LogP contribution >= 0.6 is 0 Å². The van der Waals surface area contributed by atoms with Gasteiger partial charge in [0.05, 0.1) is 17.3 Å². The minimum atomic E-state index is -0.899. The Kier molecular flexibility index (Phi) is 4.78. The number of hydrogen-bond acceptors (Lipinski definition) is 3. The zero-order valence-electron chi connectivity index (χ0n) is 15.5. The van der Waals surface area contributed by atoms with E-state index in [0.717, 1.165) is 24.1 Å². The van der Waals surface area contributed by atoms with Gasteiger partial charge in [0.2, 0.25) is 11.8 Å². The van der Waals surface area contributed by atoms with Gasteiger partial charge in [0.15, 0.2) is 0 Å². The third-order valence-corrected chi connectivity index (χ3v) is 5.74. The van der Waals surface area contributed by atoms with Crippen LogP contribution in [0.3, 0.4) is 0 Å². The van der Waals surface area contributed by atoms with Crippen molar-refractivity contribution in [3.63, 3.8) is 0 Å². The first-order chi connectivity index (χ1) is 12.3. The van der Waals surface area contributed by atoms with Crippen LogP contribution in [0.15, 0.2) is 18.2 Å². The Labute approximate surface area is 153 Å². The molecule has 1 aromatic carbocycles. The Bertz CT molecular complexity index is 756. The van der Waals surface area contributed by atoms with Crippen molar-refractivity contribution in [2.75, 3.05) is 16.8 Å². The second-order valence-electron chi connectivity index (χ2n) is 7.73. The standard InChI is InChI=1S/C20H26N2O4/c1-4-22-16-10-9-12(11-15(16)20(2,3)19(22)26)21-17(23)13-7-5-6-8-14(13)18(24)25/h9-11,13-14H,4-8H2,1-3H3,(H,21,23)(H,24,25)/t13-,14+/m1/s1. The van der Waals surface area contributed by atoms with Gasteiger partial charge in [0.25, 0.3) is 0 Å². The number of carboxylic acid groups (broad SMARTS) is 1. The maximum absolute atomic E-state index is 12.7. The third kappa shape index (κ3) is 2.97. The highest BCUT2D eigenvalue weighted by Gasteiger charge is 2.43. The lowest BCUT2D eigenvalue weighted by Gasteiger charge is -2.27. The molecule has 1 heterocycles. The predicted octanol–water partition coefficient (Wildman–Crippen LogP) is 3.16. The van der Waals surface area contributed by atoms with Crippen molar-refractivity contribution in [2.45, 2.75) is 51.9 Å². The van der Waals surface area contributed by atoms with Crippen LogP contribution in [0.5, 0.6) is 0 Å². The van der Waals surface area contributed by atoms with Gasteiger partial charge in [-0.1, -0.05) is 12.8 Å². The normalized spacial score (nSPS) is 24.3. The highest BCUT2D eigenvalue weighted by Crippen LogP contribution is 2.42. The molecule has 6 nitrogen and oxygen atoms in total. The van der Waals surface area contributed by atoms with Crippen molar-refractivity contribution in [1.29, 1.82) is 0 Å². The largest absolute Gasteiger partial charge is 0.481 e. The number of hydrogen-bond donors (Lipinski definition) is 2. The van der Waals surface area contributed by atoms with E-state index in [1.807, 2.05) is 32.9 Å². The number of likely N-dealkylation sites (N-methyl/N-ethyl adjacent to an activating group) is 1. The minimum Gasteiger partial charge on any atom is -0.481 e. The van der Waals surface area contributed by atoms with E-state index in [-0.39, 0.29) is 11.8 Å². The van der Waals surface area contributed by atoms with Gasteiger partial charge < -0.3 is 15.3 Å². The zero-order chi connectivity index (χ0) is 19.1. The van der Waals surface area contributed by atoms with E-state index in [2.05, 4.69) is 5.32 Å². The van der Waals surface area contributed by atoms with Gasteiger partial charge in [-0.25, -0.2) is 0 Å². The van der Waals surface area contributed by atoms with Crippen LogP contribution in [-0.2, 0) is 19.8 Å². The molecule has 3 rings (SSSR count). The van der Waals surface area contributed by atoms with Gasteiger partial charge in [0, 0.05) is 17.9 Å². The zero-order valence-corrected chi connectivity index (χ0v) is 15.5.